The molecule has 1 atom stereocenters. The van der Waals surface area contributed by atoms with Gasteiger partial charge in [0.15, 0.2) is 5.96 Å². The van der Waals surface area contributed by atoms with Crippen molar-refractivity contribution >= 4 is 11.6 Å². The van der Waals surface area contributed by atoms with E-state index in [9.17, 15) is 0 Å². The maximum absolute atomic E-state index is 4.36. The van der Waals surface area contributed by atoms with Gasteiger partial charge < -0.3 is 15.5 Å². The van der Waals surface area contributed by atoms with Gasteiger partial charge in [0.05, 0.1) is 6.04 Å². The SMILES string of the molecule is CN=C(NCCC(C)(C)C)NC(C)c1cccc(N2CCCC2)c1. The Balaban J connectivity index is 1.92. The predicted octanol–water partition coefficient (Wildman–Crippen LogP) is 3.95. The van der Waals surface area contributed by atoms with Crippen LogP contribution in [0, 0.1) is 5.41 Å². The molecule has 1 fully saturated rings. The number of rotatable bonds is 5. The lowest BCUT2D eigenvalue weighted by molar-refractivity contribution is 0.377. The van der Waals surface area contributed by atoms with E-state index < -0.39 is 0 Å². The zero-order valence-corrected chi connectivity index (χ0v) is 16.0. The van der Waals surface area contributed by atoms with Crippen molar-refractivity contribution in [3.63, 3.8) is 0 Å². The second-order valence-corrected chi connectivity index (χ2v) is 7.96. The second kappa shape index (κ2) is 8.41. The number of nitrogens with one attached hydrogen (secondary N) is 2. The monoisotopic (exact) mass is 330 g/mol. The Hall–Kier alpha value is -1.71. The molecule has 0 saturated carbocycles. The molecule has 2 N–H and O–H groups in total. The van der Waals surface area contributed by atoms with Crippen molar-refractivity contribution in [3.05, 3.63) is 29.8 Å². The van der Waals surface area contributed by atoms with Crippen molar-refractivity contribution in [2.75, 3.05) is 31.6 Å². The average molecular weight is 331 g/mol. The summed E-state index contributed by atoms with van der Waals surface area (Å²) in [7, 11) is 1.83. The molecule has 1 unspecified atom stereocenters. The Morgan fingerprint density at radius 1 is 1.25 bits per heavy atom. The van der Waals surface area contributed by atoms with Crippen LogP contribution in [0.15, 0.2) is 29.3 Å². The molecule has 2 rings (SSSR count). The smallest absolute Gasteiger partial charge is 0.191 e. The third-order valence-electron chi connectivity index (χ3n) is 4.59. The average Bonchev–Trinajstić information content (AvgIpc) is 3.07. The summed E-state index contributed by atoms with van der Waals surface area (Å²) in [6, 6.07) is 9.12. The molecule has 134 valence electrons. The van der Waals surface area contributed by atoms with E-state index >= 15 is 0 Å². The van der Waals surface area contributed by atoms with Crippen LogP contribution < -0.4 is 15.5 Å². The Kier molecular flexibility index (Phi) is 6.52. The molecule has 24 heavy (non-hydrogen) atoms. The standard InChI is InChI=1S/C20H34N4/c1-16(23-19(21-5)22-12-11-20(2,3)4)17-9-8-10-18(15-17)24-13-6-7-14-24/h8-10,15-16H,6-7,11-14H2,1-5H3,(H2,21,22,23). The number of guanidine groups is 1. The van der Waals surface area contributed by atoms with Crippen LogP contribution in [-0.2, 0) is 0 Å². The van der Waals surface area contributed by atoms with Crippen molar-refractivity contribution < 1.29 is 0 Å². The summed E-state index contributed by atoms with van der Waals surface area (Å²) in [6.07, 6.45) is 3.73. The number of aliphatic imine (C=N–C) groups is 1. The Labute approximate surface area is 147 Å². The molecule has 1 aliphatic heterocycles. The number of hydrogen-bond donors (Lipinski definition) is 2. The topological polar surface area (TPSA) is 39.7 Å². The van der Waals surface area contributed by atoms with E-state index in [4.69, 9.17) is 0 Å². The van der Waals surface area contributed by atoms with E-state index in [1.807, 2.05) is 7.05 Å². The molecule has 0 amide bonds. The van der Waals surface area contributed by atoms with Crippen molar-refractivity contribution in [1.82, 2.24) is 10.6 Å². The molecule has 1 aromatic rings. The maximum atomic E-state index is 4.36. The lowest BCUT2D eigenvalue weighted by Gasteiger charge is -2.23. The first-order valence-corrected chi connectivity index (χ1v) is 9.21. The lowest BCUT2D eigenvalue weighted by Crippen LogP contribution is -2.39. The van der Waals surface area contributed by atoms with E-state index in [0.717, 1.165) is 18.9 Å². The fraction of sp³-hybridized carbons (Fsp3) is 0.650. The molecule has 0 spiro atoms. The van der Waals surface area contributed by atoms with Crippen LogP contribution in [-0.4, -0.2) is 32.6 Å². The fourth-order valence-electron chi connectivity index (χ4n) is 3.01. The summed E-state index contributed by atoms with van der Waals surface area (Å²) in [5.41, 5.74) is 2.98. The molecule has 1 aliphatic rings. The third kappa shape index (κ3) is 5.73. The summed E-state index contributed by atoms with van der Waals surface area (Å²) in [5, 5.41) is 6.93. The van der Waals surface area contributed by atoms with E-state index in [1.54, 1.807) is 0 Å². The summed E-state index contributed by atoms with van der Waals surface area (Å²) >= 11 is 0. The molecule has 1 aromatic carbocycles. The van der Waals surface area contributed by atoms with Crippen molar-refractivity contribution in [3.8, 4) is 0 Å². The first-order chi connectivity index (χ1) is 11.4. The molecule has 4 nitrogen and oxygen atoms in total. The quantitative estimate of drug-likeness (QED) is 0.634. The molecule has 0 aromatic heterocycles. The molecule has 4 heteroatoms. The number of benzene rings is 1. The van der Waals surface area contributed by atoms with Crippen molar-refractivity contribution in [2.45, 2.75) is 53.0 Å². The molecular weight excluding hydrogens is 296 g/mol. The summed E-state index contributed by atoms with van der Waals surface area (Å²) in [4.78, 5) is 6.84. The number of anilines is 1. The summed E-state index contributed by atoms with van der Waals surface area (Å²) in [5.74, 6) is 0.873. The van der Waals surface area contributed by atoms with Gasteiger partial charge in [-0.1, -0.05) is 32.9 Å². The maximum Gasteiger partial charge on any atom is 0.191 e. The van der Waals surface area contributed by atoms with E-state index in [2.05, 4.69) is 72.5 Å². The van der Waals surface area contributed by atoms with E-state index in [0.29, 0.717) is 5.41 Å². The van der Waals surface area contributed by atoms with Gasteiger partial charge in [-0.25, -0.2) is 0 Å². The predicted molar refractivity (Wildman–Crippen MR) is 105 cm³/mol. The van der Waals surface area contributed by atoms with Crippen molar-refractivity contribution in [1.29, 1.82) is 0 Å². The largest absolute Gasteiger partial charge is 0.372 e. The Morgan fingerprint density at radius 3 is 2.58 bits per heavy atom. The lowest BCUT2D eigenvalue weighted by atomic mass is 9.92. The van der Waals surface area contributed by atoms with Crippen LogP contribution in [0.2, 0.25) is 0 Å². The Bertz CT molecular complexity index is 539. The van der Waals surface area contributed by atoms with Gasteiger partial charge in [-0.3, -0.25) is 4.99 Å². The molecule has 0 aliphatic carbocycles. The summed E-state index contributed by atoms with van der Waals surface area (Å²) in [6.45, 7) is 12.3. The van der Waals surface area contributed by atoms with Crippen LogP contribution in [0.3, 0.4) is 0 Å². The van der Waals surface area contributed by atoms with Gasteiger partial charge in [0.2, 0.25) is 0 Å². The Morgan fingerprint density at radius 2 is 1.96 bits per heavy atom. The normalized spacial score (nSPS) is 17.0. The molecule has 1 saturated heterocycles. The first kappa shape index (κ1) is 18.6. The molecule has 0 bridgehead atoms. The first-order valence-electron chi connectivity index (χ1n) is 9.21. The highest BCUT2D eigenvalue weighted by molar-refractivity contribution is 5.80. The van der Waals surface area contributed by atoms with E-state index in [-0.39, 0.29) is 6.04 Å². The van der Waals surface area contributed by atoms with Gasteiger partial charge in [-0.2, -0.15) is 0 Å². The van der Waals surface area contributed by atoms with Crippen LogP contribution in [0.4, 0.5) is 5.69 Å². The van der Waals surface area contributed by atoms with Gasteiger partial charge in [-0.15, -0.1) is 0 Å². The number of nitrogens with zero attached hydrogens (tertiary/aromatic N) is 2. The number of hydrogen-bond acceptors (Lipinski definition) is 2. The fourth-order valence-corrected chi connectivity index (χ4v) is 3.01. The van der Waals surface area contributed by atoms with Gasteiger partial charge in [0, 0.05) is 32.4 Å². The molecule has 1 heterocycles. The van der Waals surface area contributed by atoms with Gasteiger partial charge in [-0.05, 0) is 49.3 Å². The van der Waals surface area contributed by atoms with Crippen LogP contribution in [0.25, 0.3) is 0 Å². The van der Waals surface area contributed by atoms with Crippen LogP contribution in [0.5, 0.6) is 0 Å². The van der Waals surface area contributed by atoms with Gasteiger partial charge in [0.1, 0.15) is 0 Å². The highest BCUT2D eigenvalue weighted by atomic mass is 15.2. The van der Waals surface area contributed by atoms with Crippen molar-refractivity contribution in [2.24, 2.45) is 10.4 Å². The highest BCUT2D eigenvalue weighted by Crippen LogP contribution is 2.24. The minimum absolute atomic E-state index is 0.230. The second-order valence-electron chi connectivity index (χ2n) is 7.96. The molecule has 0 radical (unpaired) electrons. The zero-order chi connectivity index (χ0) is 17.6. The van der Waals surface area contributed by atoms with Crippen LogP contribution in [0.1, 0.15) is 58.6 Å². The van der Waals surface area contributed by atoms with Gasteiger partial charge >= 0.3 is 0 Å². The summed E-state index contributed by atoms with van der Waals surface area (Å²) < 4.78 is 0. The molecular formula is C20H34N4. The van der Waals surface area contributed by atoms with E-state index in [1.165, 1.54) is 37.2 Å². The minimum atomic E-state index is 0.230. The van der Waals surface area contributed by atoms with Gasteiger partial charge in [0.25, 0.3) is 0 Å². The minimum Gasteiger partial charge on any atom is -0.372 e. The highest BCUT2D eigenvalue weighted by Gasteiger charge is 2.15. The van der Waals surface area contributed by atoms with Crippen LogP contribution >= 0.6 is 0 Å². The third-order valence-corrected chi connectivity index (χ3v) is 4.59. The zero-order valence-electron chi connectivity index (χ0n) is 16.0.